The Bertz CT molecular complexity index is 1200. The number of carbonyl (C=O) groups excluding carboxylic acids is 1. The summed E-state index contributed by atoms with van der Waals surface area (Å²) in [5, 5.41) is 2.13. The molecule has 1 amide bonds. The van der Waals surface area contributed by atoms with E-state index >= 15 is 0 Å². The van der Waals surface area contributed by atoms with Crippen LogP contribution in [0, 0.1) is 0 Å². The molecule has 0 saturated carbocycles. The maximum Gasteiger partial charge on any atom is 0.242 e. The summed E-state index contributed by atoms with van der Waals surface area (Å²) >= 11 is 0. The SMILES string of the molecule is CC(C)c1cccc(C(C)C)c1N(CC(c1ccccc1)c1ccccc1)NC(=O)Cc1ccccc1. The summed E-state index contributed by atoms with van der Waals surface area (Å²) in [5.41, 5.74) is 10.4. The molecule has 0 fully saturated rings. The first-order valence-electron chi connectivity index (χ1n) is 13.3. The molecule has 0 radical (unpaired) electrons. The Balaban J connectivity index is 1.79. The second-order valence-electron chi connectivity index (χ2n) is 10.3. The lowest BCUT2D eigenvalue weighted by atomic mass is 9.89. The van der Waals surface area contributed by atoms with Gasteiger partial charge in [0.1, 0.15) is 0 Å². The van der Waals surface area contributed by atoms with Crippen LogP contribution in [0.25, 0.3) is 0 Å². The molecule has 4 rings (SSSR count). The Morgan fingerprint density at radius 3 is 1.57 bits per heavy atom. The van der Waals surface area contributed by atoms with Gasteiger partial charge in [0.15, 0.2) is 0 Å². The molecule has 0 aliphatic carbocycles. The van der Waals surface area contributed by atoms with Gasteiger partial charge in [-0.15, -0.1) is 0 Å². The number of amides is 1. The van der Waals surface area contributed by atoms with Gasteiger partial charge in [-0.05, 0) is 39.7 Å². The fourth-order valence-electron chi connectivity index (χ4n) is 4.94. The molecule has 37 heavy (non-hydrogen) atoms. The Labute approximate surface area is 222 Å². The van der Waals surface area contributed by atoms with Gasteiger partial charge in [0.2, 0.25) is 5.91 Å². The number of nitrogens with zero attached hydrogens (tertiary/aromatic N) is 1. The van der Waals surface area contributed by atoms with Crippen LogP contribution in [-0.4, -0.2) is 12.5 Å². The standard InChI is InChI=1S/C34H38N2O/c1-25(2)30-21-14-22-31(26(3)4)34(30)36(35-33(37)23-27-15-8-5-9-16-27)24-32(28-17-10-6-11-18-28)29-19-12-7-13-20-29/h5-22,25-26,32H,23-24H2,1-4H3,(H,35,37). The number of hydrogen-bond donors (Lipinski definition) is 1. The van der Waals surface area contributed by atoms with Crippen LogP contribution < -0.4 is 10.4 Å². The zero-order valence-corrected chi connectivity index (χ0v) is 22.4. The van der Waals surface area contributed by atoms with E-state index in [1.165, 1.54) is 22.3 Å². The van der Waals surface area contributed by atoms with Crippen molar-refractivity contribution in [2.75, 3.05) is 11.6 Å². The molecule has 3 heteroatoms. The van der Waals surface area contributed by atoms with Crippen molar-refractivity contribution < 1.29 is 4.79 Å². The van der Waals surface area contributed by atoms with Crippen LogP contribution in [0.15, 0.2) is 109 Å². The third-order valence-corrected chi connectivity index (χ3v) is 6.85. The molecule has 0 heterocycles. The monoisotopic (exact) mass is 490 g/mol. The van der Waals surface area contributed by atoms with E-state index in [9.17, 15) is 4.79 Å². The number of hydrogen-bond acceptors (Lipinski definition) is 2. The zero-order chi connectivity index (χ0) is 26.2. The zero-order valence-electron chi connectivity index (χ0n) is 22.4. The summed E-state index contributed by atoms with van der Waals surface area (Å²) in [6, 6.07) is 37.7. The van der Waals surface area contributed by atoms with Crippen LogP contribution >= 0.6 is 0 Å². The van der Waals surface area contributed by atoms with Gasteiger partial charge in [-0.25, -0.2) is 0 Å². The van der Waals surface area contributed by atoms with Crippen LogP contribution in [-0.2, 0) is 11.2 Å². The summed E-state index contributed by atoms with van der Waals surface area (Å²) in [7, 11) is 0. The van der Waals surface area contributed by atoms with Crippen LogP contribution in [0.2, 0.25) is 0 Å². The fourth-order valence-corrected chi connectivity index (χ4v) is 4.94. The van der Waals surface area contributed by atoms with Crippen molar-refractivity contribution in [2.24, 2.45) is 0 Å². The molecule has 0 spiro atoms. The first kappa shape index (κ1) is 26.2. The fraction of sp³-hybridized carbons (Fsp3) is 0.265. The Morgan fingerprint density at radius 1 is 0.649 bits per heavy atom. The average Bonchev–Trinajstić information content (AvgIpc) is 2.92. The van der Waals surface area contributed by atoms with Gasteiger partial charge >= 0.3 is 0 Å². The predicted molar refractivity (Wildman–Crippen MR) is 155 cm³/mol. The minimum Gasteiger partial charge on any atom is -0.284 e. The number of benzene rings is 4. The van der Waals surface area contributed by atoms with Crippen molar-refractivity contribution in [2.45, 2.75) is 51.9 Å². The number of para-hydroxylation sites is 1. The van der Waals surface area contributed by atoms with Crippen LogP contribution in [0.5, 0.6) is 0 Å². The maximum absolute atomic E-state index is 13.5. The lowest BCUT2D eigenvalue weighted by Gasteiger charge is -2.35. The highest BCUT2D eigenvalue weighted by atomic mass is 16.2. The first-order chi connectivity index (χ1) is 17.9. The number of hydrazine groups is 1. The maximum atomic E-state index is 13.5. The van der Waals surface area contributed by atoms with Crippen LogP contribution in [0.3, 0.4) is 0 Å². The topological polar surface area (TPSA) is 32.3 Å². The lowest BCUT2D eigenvalue weighted by molar-refractivity contribution is -0.120. The summed E-state index contributed by atoms with van der Waals surface area (Å²) in [6.07, 6.45) is 0.333. The van der Waals surface area contributed by atoms with Gasteiger partial charge in [-0.3, -0.25) is 15.2 Å². The molecule has 190 valence electrons. The minimum atomic E-state index is -0.0145. The Morgan fingerprint density at radius 2 is 1.11 bits per heavy atom. The van der Waals surface area contributed by atoms with Crippen molar-refractivity contribution in [3.05, 3.63) is 137 Å². The number of carbonyl (C=O) groups is 1. The molecule has 4 aromatic rings. The van der Waals surface area contributed by atoms with E-state index in [-0.39, 0.29) is 11.8 Å². The van der Waals surface area contributed by atoms with Gasteiger partial charge in [0, 0.05) is 5.92 Å². The van der Waals surface area contributed by atoms with E-state index in [1.54, 1.807) is 0 Å². The molecular formula is C34H38N2O. The highest BCUT2D eigenvalue weighted by Gasteiger charge is 2.25. The van der Waals surface area contributed by atoms with Crippen LogP contribution in [0.1, 0.15) is 73.3 Å². The first-order valence-corrected chi connectivity index (χ1v) is 13.3. The summed E-state index contributed by atoms with van der Waals surface area (Å²) in [4.78, 5) is 13.5. The van der Waals surface area contributed by atoms with E-state index in [0.717, 1.165) is 11.3 Å². The van der Waals surface area contributed by atoms with E-state index in [1.807, 2.05) is 30.3 Å². The van der Waals surface area contributed by atoms with Gasteiger partial charge < -0.3 is 0 Å². The van der Waals surface area contributed by atoms with E-state index in [2.05, 4.69) is 117 Å². The number of rotatable bonds is 10. The normalized spacial score (nSPS) is 11.2. The summed E-state index contributed by atoms with van der Waals surface area (Å²) < 4.78 is 0. The molecule has 1 N–H and O–H groups in total. The largest absolute Gasteiger partial charge is 0.284 e. The third-order valence-electron chi connectivity index (χ3n) is 6.85. The van der Waals surface area contributed by atoms with Crippen molar-refractivity contribution in [1.82, 2.24) is 5.43 Å². The quantitative estimate of drug-likeness (QED) is 0.230. The second-order valence-corrected chi connectivity index (χ2v) is 10.3. The highest BCUT2D eigenvalue weighted by Crippen LogP contribution is 2.37. The van der Waals surface area contributed by atoms with Crippen LogP contribution in [0.4, 0.5) is 5.69 Å². The van der Waals surface area contributed by atoms with Gasteiger partial charge in [0.05, 0.1) is 18.7 Å². The Kier molecular flexibility index (Phi) is 8.79. The lowest BCUT2D eigenvalue weighted by Crippen LogP contribution is -2.46. The van der Waals surface area contributed by atoms with Crippen molar-refractivity contribution in [3.8, 4) is 0 Å². The van der Waals surface area contributed by atoms with Crippen molar-refractivity contribution in [3.63, 3.8) is 0 Å². The van der Waals surface area contributed by atoms with Gasteiger partial charge in [-0.1, -0.05) is 137 Å². The number of nitrogens with one attached hydrogen (secondary N) is 1. The molecule has 0 aliphatic rings. The molecule has 0 bridgehead atoms. The molecule has 0 atom stereocenters. The predicted octanol–water partition coefficient (Wildman–Crippen LogP) is 7.85. The highest BCUT2D eigenvalue weighted by molar-refractivity contribution is 5.81. The van der Waals surface area contributed by atoms with Gasteiger partial charge in [-0.2, -0.15) is 0 Å². The van der Waals surface area contributed by atoms with E-state index < -0.39 is 0 Å². The molecule has 0 saturated heterocycles. The van der Waals surface area contributed by atoms with Gasteiger partial charge in [0.25, 0.3) is 0 Å². The smallest absolute Gasteiger partial charge is 0.242 e. The summed E-state index contributed by atoms with van der Waals surface area (Å²) in [6.45, 7) is 9.51. The summed E-state index contributed by atoms with van der Waals surface area (Å²) in [5.74, 6) is 0.697. The van der Waals surface area contributed by atoms with Crippen molar-refractivity contribution >= 4 is 11.6 Å². The molecular weight excluding hydrogens is 452 g/mol. The Hall–Kier alpha value is -3.85. The number of anilines is 1. The average molecular weight is 491 g/mol. The minimum absolute atomic E-state index is 0.0145. The molecule has 0 aliphatic heterocycles. The molecule has 0 aromatic heterocycles. The van der Waals surface area contributed by atoms with Crippen molar-refractivity contribution in [1.29, 1.82) is 0 Å². The molecule has 0 unspecified atom stereocenters. The van der Waals surface area contributed by atoms with E-state index in [4.69, 9.17) is 0 Å². The van der Waals surface area contributed by atoms with E-state index in [0.29, 0.717) is 24.8 Å². The molecule has 4 aromatic carbocycles. The third kappa shape index (κ3) is 6.68. The molecule has 3 nitrogen and oxygen atoms in total. The second kappa shape index (κ2) is 12.4.